The van der Waals surface area contributed by atoms with Crippen LogP contribution < -0.4 is 5.32 Å². The zero-order valence-corrected chi connectivity index (χ0v) is 16.0. The number of pyridine rings is 1. The van der Waals surface area contributed by atoms with Crippen molar-refractivity contribution in [1.82, 2.24) is 15.0 Å². The topological polar surface area (TPSA) is 71.3 Å². The molecule has 0 aliphatic carbocycles. The summed E-state index contributed by atoms with van der Waals surface area (Å²) in [5.41, 5.74) is 4.36. The van der Waals surface area contributed by atoms with Crippen LogP contribution in [0.25, 0.3) is 0 Å². The lowest BCUT2D eigenvalue weighted by molar-refractivity contribution is -0.132. The molecule has 6 heteroatoms. The Balaban J connectivity index is 1.44. The number of carbonyl (C=O) groups excluding carboxylic acids is 1. The Hall–Kier alpha value is -3.15. The molecular formula is C22H24N4O2. The maximum Gasteiger partial charge on any atom is 0.223 e. The highest BCUT2D eigenvalue weighted by Crippen LogP contribution is 2.30. The molecule has 6 nitrogen and oxygen atoms in total. The van der Waals surface area contributed by atoms with Crippen LogP contribution in [-0.2, 0) is 30.6 Å². The minimum absolute atomic E-state index is 0.156. The van der Waals surface area contributed by atoms with E-state index in [1.165, 1.54) is 5.56 Å². The van der Waals surface area contributed by atoms with Crippen LogP contribution in [0.15, 0.2) is 53.3 Å². The van der Waals surface area contributed by atoms with E-state index in [2.05, 4.69) is 28.4 Å². The summed E-state index contributed by atoms with van der Waals surface area (Å²) in [5, 5.41) is 7.62. The highest BCUT2D eigenvalue weighted by Gasteiger charge is 2.27. The molecule has 1 aromatic carbocycles. The lowest BCUT2D eigenvalue weighted by Gasteiger charge is -2.26. The smallest absolute Gasteiger partial charge is 0.223 e. The first-order valence-electron chi connectivity index (χ1n) is 9.73. The quantitative estimate of drug-likeness (QED) is 0.707. The second kappa shape index (κ2) is 8.25. The first-order valence-corrected chi connectivity index (χ1v) is 9.73. The summed E-state index contributed by atoms with van der Waals surface area (Å²) in [5.74, 6) is 1.74. The van der Waals surface area contributed by atoms with Crippen molar-refractivity contribution in [3.05, 3.63) is 71.2 Å². The summed E-state index contributed by atoms with van der Waals surface area (Å²) in [6.45, 7) is 3.33. The summed E-state index contributed by atoms with van der Waals surface area (Å²) in [6, 6.07) is 12.1. The van der Waals surface area contributed by atoms with E-state index in [-0.39, 0.29) is 5.91 Å². The number of nitrogens with one attached hydrogen (secondary N) is 1. The molecule has 0 bridgehead atoms. The van der Waals surface area contributed by atoms with Gasteiger partial charge in [0.15, 0.2) is 5.82 Å². The van der Waals surface area contributed by atoms with Gasteiger partial charge in [-0.2, -0.15) is 0 Å². The minimum Gasteiger partial charge on any atom is -0.359 e. The fourth-order valence-corrected chi connectivity index (χ4v) is 3.56. The lowest BCUT2D eigenvalue weighted by Crippen LogP contribution is -2.35. The van der Waals surface area contributed by atoms with Crippen molar-refractivity contribution in [2.24, 2.45) is 0 Å². The highest BCUT2D eigenvalue weighted by molar-refractivity contribution is 5.77. The molecular weight excluding hydrogens is 352 g/mol. The predicted octanol–water partition coefficient (Wildman–Crippen LogP) is 3.89. The number of amides is 1. The maximum atomic E-state index is 12.7. The number of carbonyl (C=O) groups is 1. The standard InChI is InChI=1S/C22H24N4O2/c1-2-17-5-3-4-6-19(17)24-22-18-15-26(14-11-20(18)28-25-22)21(27)8-7-16-9-12-23-13-10-16/h3-6,9-10,12-13H,2,7-8,11,14-15H2,1H3,(H,24,25). The van der Waals surface area contributed by atoms with Crippen LogP contribution in [0.3, 0.4) is 0 Å². The van der Waals surface area contributed by atoms with Gasteiger partial charge in [0.1, 0.15) is 5.76 Å². The second-order valence-electron chi connectivity index (χ2n) is 6.99. The lowest BCUT2D eigenvalue weighted by atomic mass is 10.1. The van der Waals surface area contributed by atoms with E-state index in [1.54, 1.807) is 12.4 Å². The Bertz CT molecular complexity index is 952. The molecule has 1 N–H and O–H groups in total. The molecule has 0 saturated carbocycles. The van der Waals surface area contributed by atoms with Crippen molar-refractivity contribution >= 4 is 17.4 Å². The molecule has 2 aromatic heterocycles. The number of anilines is 2. The van der Waals surface area contributed by atoms with E-state index in [1.807, 2.05) is 35.2 Å². The van der Waals surface area contributed by atoms with Crippen LogP contribution in [0.4, 0.5) is 11.5 Å². The number of aryl methyl sites for hydroxylation is 2. The Morgan fingerprint density at radius 1 is 1.21 bits per heavy atom. The number of aromatic nitrogens is 2. The van der Waals surface area contributed by atoms with Crippen molar-refractivity contribution in [1.29, 1.82) is 0 Å². The summed E-state index contributed by atoms with van der Waals surface area (Å²) in [4.78, 5) is 18.6. The van der Waals surface area contributed by atoms with E-state index in [0.717, 1.165) is 35.4 Å². The third-order valence-corrected chi connectivity index (χ3v) is 5.21. The van der Waals surface area contributed by atoms with Crippen LogP contribution in [0.1, 0.15) is 35.8 Å². The number of nitrogens with zero attached hydrogens (tertiary/aromatic N) is 3. The van der Waals surface area contributed by atoms with E-state index in [0.29, 0.717) is 31.7 Å². The molecule has 0 saturated heterocycles. The van der Waals surface area contributed by atoms with Gasteiger partial charge in [0.05, 0.1) is 12.1 Å². The molecule has 0 fully saturated rings. The minimum atomic E-state index is 0.156. The van der Waals surface area contributed by atoms with Gasteiger partial charge >= 0.3 is 0 Å². The zero-order valence-electron chi connectivity index (χ0n) is 16.0. The maximum absolute atomic E-state index is 12.7. The zero-order chi connectivity index (χ0) is 19.3. The average molecular weight is 376 g/mol. The van der Waals surface area contributed by atoms with Gasteiger partial charge in [-0.25, -0.2) is 0 Å². The van der Waals surface area contributed by atoms with Crippen LogP contribution in [-0.4, -0.2) is 27.5 Å². The third-order valence-electron chi connectivity index (χ3n) is 5.21. The molecule has 0 radical (unpaired) electrons. The van der Waals surface area contributed by atoms with Gasteiger partial charge in [-0.15, -0.1) is 0 Å². The molecule has 0 atom stereocenters. The number of hydrogen-bond donors (Lipinski definition) is 1. The number of hydrogen-bond acceptors (Lipinski definition) is 5. The Labute approximate surface area is 164 Å². The van der Waals surface area contributed by atoms with E-state index < -0.39 is 0 Å². The van der Waals surface area contributed by atoms with Crippen molar-refractivity contribution in [3.8, 4) is 0 Å². The molecule has 144 valence electrons. The van der Waals surface area contributed by atoms with Crippen LogP contribution >= 0.6 is 0 Å². The summed E-state index contributed by atoms with van der Waals surface area (Å²) >= 11 is 0. The normalized spacial score (nSPS) is 13.2. The molecule has 28 heavy (non-hydrogen) atoms. The van der Waals surface area contributed by atoms with E-state index >= 15 is 0 Å². The first kappa shape index (κ1) is 18.2. The van der Waals surface area contributed by atoms with Gasteiger partial charge in [-0.1, -0.05) is 30.3 Å². The molecule has 1 amide bonds. The highest BCUT2D eigenvalue weighted by atomic mass is 16.5. The SMILES string of the molecule is CCc1ccccc1Nc1noc2c1CN(C(=O)CCc1ccncc1)CC2. The average Bonchev–Trinajstić information content (AvgIpc) is 3.15. The van der Waals surface area contributed by atoms with E-state index in [4.69, 9.17) is 4.52 Å². The number of para-hydroxylation sites is 1. The van der Waals surface area contributed by atoms with Gasteiger partial charge in [0.2, 0.25) is 5.91 Å². The number of rotatable bonds is 6. The molecule has 1 aliphatic heterocycles. The predicted molar refractivity (Wildman–Crippen MR) is 107 cm³/mol. The van der Waals surface area contributed by atoms with Crippen LogP contribution in [0, 0.1) is 0 Å². The van der Waals surface area contributed by atoms with Crippen molar-refractivity contribution in [3.63, 3.8) is 0 Å². The molecule has 0 unspecified atom stereocenters. The molecule has 4 rings (SSSR count). The van der Waals surface area contributed by atoms with Crippen molar-refractivity contribution < 1.29 is 9.32 Å². The van der Waals surface area contributed by atoms with Crippen LogP contribution in [0.5, 0.6) is 0 Å². The third kappa shape index (κ3) is 3.91. The monoisotopic (exact) mass is 376 g/mol. The largest absolute Gasteiger partial charge is 0.359 e. The van der Waals surface area contributed by atoms with Gasteiger partial charge in [0.25, 0.3) is 0 Å². The fraction of sp³-hybridized carbons (Fsp3) is 0.318. The molecule has 1 aliphatic rings. The summed E-state index contributed by atoms with van der Waals surface area (Å²) in [7, 11) is 0. The van der Waals surface area contributed by atoms with E-state index in [9.17, 15) is 4.79 Å². The molecule has 3 heterocycles. The number of benzene rings is 1. The molecule has 3 aromatic rings. The Morgan fingerprint density at radius 2 is 2.04 bits per heavy atom. The van der Waals surface area contributed by atoms with Gasteiger partial charge in [-0.05, 0) is 42.2 Å². The first-order chi connectivity index (χ1) is 13.7. The molecule has 0 spiro atoms. The summed E-state index contributed by atoms with van der Waals surface area (Å²) < 4.78 is 5.53. The Morgan fingerprint density at radius 3 is 2.86 bits per heavy atom. The van der Waals surface area contributed by atoms with Crippen molar-refractivity contribution in [2.75, 3.05) is 11.9 Å². The Kier molecular flexibility index (Phi) is 5.37. The van der Waals surface area contributed by atoms with Crippen molar-refractivity contribution in [2.45, 2.75) is 39.2 Å². The van der Waals surface area contributed by atoms with Crippen LogP contribution in [0.2, 0.25) is 0 Å². The van der Waals surface area contributed by atoms with Gasteiger partial charge in [0, 0.05) is 37.5 Å². The van der Waals surface area contributed by atoms with Gasteiger partial charge in [-0.3, -0.25) is 9.78 Å². The fourth-order valence-electron chi connectivity index (χ4n) is 3.56. The summed E-state index contributed by atoms with van der Waals surface area (Å²) in [6.07, 6.45) is 6.37. The number of fused-ring (bicyclic) bond motifs is 1. The second-order valence-corrected chi connectivity index (χ2v) is 6.99. The van der Waals surface area contributed by atoms with Gasteiger partial charge < -0.3 is 14.7 Å².